The Bertz CT molecular complexity index is 306. The second kappa shape index (κ2) is 6.72. The maximum absolute atomic E-state index is 11.6. The molecule has 3 unspecified atom stereocenters. The average Bonchev–Trinajstić information content (AvgIpc) is 2.22. The highest BCUT2D eigenvalue weighted by Crippen LogP contribution is 2.08. The van der Waals surface area contributed by atoms with E-state index in [1.807, 2.05) is 6.92 Å². The van der Waals surface area contributed by atoms with Crippen LogP contribution in [0.4, 0.5) is 4.79 Å². The maximum atomic E-state index is 11.6. The van der Waals surface area contributed by atoms with E-state index in [-0.39, 0.29) is 5.92 Å². The van der Waals surface area contributed by atoms with Crippen LogP contribution in [0.2, 0.25) is 0 Å². The first-order valence-electron chi connectivity index (χ1n) is 5.38. The minimum atomic E-state index is -1.10. The van der Waals surface area contributed by atoms with Crippen molar-refractivity contribution in [1.82, 2.24) is 10.6 Å². The monoisotopic (exact) mass is 245 g/mol. The van der Waals surface area contributed by atoms with Crippen LogP contribution in [-0.2, 0) is 9.59 Å². The van der Waals surface area contributed by atoms with E-state index in [0.717, 1.165) is 0 Å². The Morgan fingerprint density at radius 3 is 2.12 bits per heavy atom. The number of carbonyl (C=O) groups is 3. The van der Waals surface area contributed by atoms with Crippen molar-refractivity contribution >= 4 is 17.9 Å². The Morgan fingerprint density at radius 1 is 1.24 bits per heavy atom. The Labute approximate surface area is 99.7 Å². The summed E-state index contributed by atoms with van der Waals surface area (Å²) in [6, 6.07) is -2.66. The molecule has 0 aliphatic heterocycles. The number of nitrogens with one attached hydrogen (secondary N) is 2. The van der Waals surface area contributed by atoms with Crippen LogP contribution in [0.15, 0.2) is 0 Å². The molecule has 3 amide bonds. The fourth-order valence-corrected chi connectivity index (χ4v) is 1.24. The van der Waals surface area contributed by atoms with Crippen LogP contribution in [0.25, 0.3) is 0 Å². The van der Waals surface area contributed by atoms with E-state index in [4.69, 9.17) is 10.8 Å². The first-order valence-corrected chi connectivity index (χ1v) is 5.38. The summed E-state index contributed by atoms with van der Waals surface area (Å²) >= 11 is 0. The van der Waals surface area contributed by atoms with Crippen LogP contribution >= 0.6 is 0 Å². The van der Waals surface area contributed by atoms with Crippen LogP contribution in [0, 0.1) is 5.92 Å². The Morgan fingerprint density at radius 2 is 1.76 bits per heavy atom. The van der Waals surface area contributed by atoms with Crippen molar-refractivity contribution in [3.8, 4) is 0 Å². The molecule has 7 heteroatoms. The molecule has 0 aliphatic rings. The molecule has 0 spiro atoms. The number of hydrogen-bond acceptors (Lipinski definition) is 3. The van der Waals surface area contributed by atoms with E-state index in [1.54, 1.807) is 6.92 Å². The molecule has 98 valence electrons. The molecule has 7 nitrogen and oxygen atoms in total. The third-order valence-electron chi connectivity index (χ3n) is 2.53. The number of carboxylic acid groups (broad SMARTS) is 1. The summed E-state index contributed by atoms with van der Waals surface area (Å²) in [5.74, 6) is -1.87. The molecular formula is C10H19N3O4. The van der Waals surface area contributed by atoms with Gasteiger partial charge in [-0.15, -0.1) is 0 Å². The smallest absolute Gasteiger partial charge is 0.326 e. The van der Waals surface area contributed by atoms with Crippen molar-refractivity contribution in [2.45, 2.75) is 39.3 Å². The van der Waals surface area contributed by atoms with Crippen molar-refractivity contribution in [3.63, 3.8) is 0 Å². The van der Waals surface area contributed by atoms with Gasteiger partial charge in [0.25, 0.3) is 0 Å². The van der Waals surface area contributed by atoms with Crippen LogP contribution in [0.5, 0.6) is 0 Å². The van der Waals surface area contributed by atoms with Crippen LogP contribution < -0.4 is 16.4 Å². The SMILES string of the molecule is CCC(C)C(NC(=O)C(C)NC(N)=O)C(=O)O. The lowest BCUT2D eigenvalue weighted by atomic mass is 9.99. The van der Waals surface area contributed by atoms with Crippen molar-refractivity contribution in [2.75, 3.05) is 0 Å². The van der Waals surface area contributed by atoms with Gasteiger partial charge < -0.3 is 21.5 Å². The fraction of sp³-hybridized carbons (Fsp3) is 0.700. The molecule has 0 heterocycles. The molecule has 0 aromatic rings. The topological polar surface area (TPSA) is 122 Å². The number of nitrogens with two attached hydrogens (primary N) is 1. The first kappa shape index (κ1) is 15.2. The largest absolute Gasteiger partial charge is 0.480 e. The number of primary amides is 1. The van der Waals surface area contributed by atoms with Gasteiger partial charge in [-0.2, -0.15) is 0 Å². The van der Waals surface area contributed by atoms with Crippen molar-refractivity contribution in [3.05, 3.63) is 0 Å². The zero-order chi connectivity index (χ0) is 13.6. The van der Waals surface area contributed by atoms with Gasteiger partial charge in [0.15, 0.2) is 0 Å². The van der Waals surface area contributed by atoms with Gasteiger partial charge in [0.05, 0.1) is 0 Å². The van der Waals surface area contributed by atoms with E-state index in [9.17, 15) is 14.4 Å². The molecule has 0 aliphatic carbocycles. The second-order valence-electron chi connectivity index (χ2n) is 3.94. The molecular weight excluding hydrogens is 226 g/mol. The Balaban J connectivity index is 4.50. The van der Waals surface area contributed by atoms with Gasteiger partial charge in [-0.25, -0.2) is 9.59 Å². The lowest BCUT2D eigenvalue weighted by Gasteiger charge is -2.22. The lowest BCUT2D eigenvalue weighted by Crippen LogP contribution is -2.53. The molecule has 0 bridgehead atoms. The average molecular weight is 245 g/mol. The number of aliphatic carboxylic acids is 1. The molecule has 0 aromatic carbocycles. The van der Waals surface area contributed by atoms with Gasteiger partial charge in [0.1, 0.15) is 12.1 Å². The van der Waals surface area contributed by atoms with Gasteiger partial charge >= 0.3 is 12.0 Å². The van der Waals surface area contributed by atoms with E-state index in [1.165, 1.54) is 6.92 Å². The van der Waals surface area contributed by atoms with Gasteiger partial charge in [0, 0.05) is 0 Å². The van der Waals surface area contributed by atoms with Crippen molar-refractivity contribution < 1.29 is 19.5 Å². The predicted molar refractivity (Wildman–Crippen MR) is 61.2 cm³/mol. The third kappa shape index (κ3) is 5.19. The van der Waals surface area contributed by atoms with Crippen LogP contribution in [0.3, 0.4) is 0 Å². The number of rotatable bonds is 6. The standard InChI is InChI=1S/C10H19N3O4/c1-4-5(2)7(9(15)16)13-8(14)6(3)12-10(11)17/h5-7H,4H2,1-3H3,(H,13,14)(H,15,16)(H3,11,12,17). The zero-order valence-electron chi connectivity index (χ0n) is 10.2. The van der Waals surface area contributed by atoms with Crippen molar-refractivity contribution in [1.29, 1.82) is 0 Å². The van der Waals surface area contributed by atoms with E-state index < -0.39 is 30.0 Å². The summed E-state index contributed by atoms with van der Waals surface area (Å²) in [5.41, 5.74) is 4.86. The molecule has 17 heavy (non-hydrogen) atoms. The van der Waals surface area contributed by atoms with Gasteiger partial charge in [-0.1, -0.05) is 20.3 Å². The Hall–Kier alpha value is -1.79. The molecule has 5 N–H and O–H groups in total. The highest BCUT2D eigenvalue weighted by molar-refractivity contribution is 5.89. The molecule has 3 atom stereocenters. The number of amides is 3. The molecule has 0 saturated carbocycles. The summed E-state index contributed by atoms with van der Waals surface area (Å²) in [6.07, 6.45) is 0.620. The molecule has 0 rings (SSSR count). The zero-order valence-corrected chi connectivity index (χ0v) is 10.2. The minimum Gasteiger partial charge on any atom is -0.480 e. The van der Waals surface area contributed by atoms with Gasteiger partial charge in [-0.05, 0) is 12.8 Å². The highest BCUT2D eigenvalue weighted by atomic mass is 16.4. The number of carbonyl (C=O) groups excluding carboxylic acids is 2. The van der Waals surface area contributed by atoms with Crippen molar-refractivity contribution in [2.24, 2.45) is 11.7 Å². The predicted octanol–water partition coefficient (Wildman–Crippen LogP) is -0.341. The summed E-state index contributed by atoms with van der Waals surface area (Å²) in [6.45, 7) is 4.98. The molecule has 0 radical (unpaired) electrons. The summed E-state index contributed by atoms with van der Waals surface area (Å²) in [7, 11) is 0. The quantitative estimate of drug-likeness (QED) is 0.511. The van der Waals surface area contributed by atoms with E-state index >= 15 is 0 Å². The number of carboxylic acids is 1. The highest BCUT2D eigenvalue weighted by Gasteiger charge is 2.27. The summed E-state index contributed by atoms with van der Waals surface area (Å²) in [5, 5.41) is 13.5. The van der Waals surface area contributed by atoms with Crippen LogP contribution in [-0.4, -0.2) is 35.1 Å². The van der Waals surface area contributed by atoms with Gasteiger partial charge in [-0.3, -0.25) is 4.79 Å². The Kier molecular flexibility index (Phi) is 6.01. The molecule has 0 aromatic heterocycles. The van der Waals surface area contributed by atoms with Gasteiger partial charge in [0.2, 0.25) is 5.91 Å². The lowest BCUT2D eigenvalue weighted by molar-refractivity contribution is -0.143. The van der Waals surface area contributed by atoms with Crippen LogP contribution in [0.1, 0.15) is 27.2 Å². The minimum absolute atomic E-state index is 0.197. The molecule has 0 fully saturated rings. The summed E-state index contributed by atoms with van der Waals surface area (Å²) in [4.78, 5) is 33.1. The summed E-state index contributed by atoms with van der Waals surface area (Å²) < 4.78 is 0. The van der Waals surface area contributed by atoms with E-state index in [2.05, 4.69) is 10.6 Å². The fourth-order valence-electron chi connectivity index (χ4n) is 1.24. The third-order valence-corrected chi connectivity index (χ3v) is 2.53. The number of hydrogen-bond donors (Lipinski definition) is 4. The molecule has 0 saturated heterocycles. The maximum Gasteiger partial charge on any atom is 0.326 e. The normalized spacial score (nSPS) is 15.5. The number of urea groups is 1. The first-order chi connectivity index (χ1) is 7.79. The van der Waals surface area contributed by atoms with E-state index in [0.29, 0.717) is 6.42 Å². The second-order valence-corrected chi connectivity index (χ2v) is 3.94.